The van der Waals surface area contributed by atoms with E-state index in [2.05, 4.69) is 0 Å². The summed E-state index contributed by atoms with van der Waals surface area (Å²) in [7, 11) is -1.92. The molecule has 0 spiro atoms. The molecule has 0 amide bonds. The van der Waals surface area contributed by atoms with Gasteiger partial charge < -0.3 is 5.73 Å². The molecule has 96 valence electrons. The molecule has 0 aromatic heterocycles. The minimum Gasteiger partial charge on any atom is -0.398 e. The molecule has 0 radical (unpaired) electrons. The van der Waals surface area contributed by atoms with Crippen molar-refractivity contribution in [2.45, 2.75) is 25.7 Å². The Kier molecular flexibility index (Phi) is 3.84. The molecule has 0 bridgehead atoms. The van der Waals surface area contributed by atoms with Gasteiger partial charge in [-0.05, 0) is 17.5 Å². The van der Waals surface area contributed by atoms with Crippen molar-refractivity contribution in [2.24, 2.45) is 5.41 Å². The van der Waals surface area contributed by atoms with Gasteiger partial charge in [0.2, 0.25) is 10.0 Å². The molecule has 1 aromatic rings. The number of nitrogens with zero attached hydrogens (tertiary/aromatic N) is 1. The molecule has 1 rings (SSSR count). The van der Waals surface area contributed by atoms with E-state index in [1.165, 1.54) is 10.4 Å². The molecule has 0 saturated carbocycles. The Hall–Kier alpha value is -1.07. The van der Waals surface area contributed by atoms with Crippen LogP contribution < -0.4 is 5.73 Å². The number of rotatable bonds is 3. The molecule has 0 heterocycles. The standard InChI is InChI=1S/C12H20N2O2S/c1-12(2,3)9-14(4)17(15,16)11-8-6-5-7-10(11)13/h5-8H,9,13H2,1-4H3. The highest BCUT2D eigenvalue weighted by atomic mass is 32.2. The summed E-state index contributed by atoms with van der Waals surface area (Å²) in [5.41, 5.74) is 5.90. The zero-order valence-electron chi connectivity index (χ0n) is 10.8. The number of nitrogen functional groups attached to an aromatic ring is 1. The first-order chi connectivity index (χ1) is 7.64. The Balaban J connectivity index is 3.09. The molecule has 0 aliphatic rings. The van der Waals surface area contributed by atoms with Crippen LogP contribution in [-0.2, 0) is 10.0 Å². The highest BCUT2D eigenvalue weighted by Gasteiger charge is 2.26. The van der Waals surface area contributed by atoms with Crippen LogP contribution in [0, 0.1) is 5.41 Å². The minimum atomic E-state index is -3.49. The molecule has 0 unspecified atom stereocenters. The van der Waals surface area contributed by atoms with Crippen molar-refractivity contribution in [1.29, 1.82) is 0 Å². The maximum absolute atomic E-state index is 12.3. The van der Waals surface area contributed by atoms with Crippen LogP contribution in [0.2, 0.25) is 0 Å². The fourth-order valence-corrected chi connectivity index (χ4v) is 3.15. The third-order valence-corrected chi connectivity index (χ3v) is 4.18. The fraction of sp³-hybridized carbons (Fsp3) is 0.500. The lowest BCUT2D eigenvalue weighted by Gasteiger charge is -2.26. The van der Waals surface area contributed by atoms with Gasteiger partial charge in [-0.25, -0.2) is 12.7 Å². The molecule has 0 atom stereocenters. The SMILES string of the molecule is CN(CC(C)(C)C)S(=O)(=O)c1ccccc1N. The van der Waals surface area contributed by atoms with Gasteiger partial charge in [0.15, 0.2) is 0 Å². The van der Waals surface area contributed by atoms with Crippen LogP contribution in [0.4, 0.5) is 5.69 Å². The van der Waals surface area contributed by atoms with Gasteiger partial charge >= 0.3 is 0 Å². The normalized spacial score (nSPS) is 13.0. The van der Waals surface area contributed by atoms with Crippen molar-refractivity contribution in [3.8, 4) is 0 Å². The minimum absolute atomic E-state index is 0.0919. The van der Waals surface area contributed by atoms with Gasteiger partial charge in [-0.1, -0.05) is 32.9 Å². The molecule has 1 aromatic carbocycles. The van der Waals surface area contributed by atoms with E-state index >= 15 is 0 Å². The monoisotopic (exact) mass is 256 g/mol. The largest absolute Gasteiger partial charge is 0.398 e. The van der Waals surface area contributed by atoms with Crippen molar-refractivity contribution in [3.63, 3.8) is 0 Å². The van der Waals surface area contributed by atoms with Crippen LogP contribution in [-0.4, -0.2) is 26.3 Å². The Morgan fingerprint density at radius 1 is 1.24 bits per heavy atom. The number of nitrogens with two attached hydrogens (primary N) is 1. The van der Waals surface area contributed by atoms with Crippen LogP contribution in [0.15, 0.2) is 29.2 Å². The smallest absolute Gasteiger partial charge is 0.244 e. The molecule has 0 aliphatic carbocycles. The van der Waals surface area contributed by atoms with E-state index in [0.717, 1.165) is 0 Å². The van der Waals surface area contributed by atoms with Crippen LogP contribution in [0.1, 0.15) is 20.8 Å². The topological polar surface area (TPSA) is 63.4 Å². The Morgan fingerprint density at radius 3 is 2.24 bits per heavy atom. The lowest BCUT2D eigenvalue weighted by molar-refractivity contribution is 0.311. The Morgan fingerprint density at radius 2 is 1.76 bits per heavy atom. The van der Waals surface area contributed by atoms with E-state index in [4.69, 9.17) is 5.73 Å². The van der Waals surface area contributed by atoms with Gasteiger partial charge in [0.05, 0.1) is 5.69 Å². The van der Waals surface area contributed by atoms with Gasteiger partial charge in [-0.3, -0.25) is 0 Å². The van der Waals surface area contributed by atoms with Gasteiger partial charge in [0, 0.05) is 13.6 Å². The molecule has 4 nitrogen and oxygen atoms in total. The molecular weight excluding hydrogens is 236 g/mol. The van der Waals surface area contributed by atoms with E-state index < -0.39 is 10.0 Å². The van der Waals surface area contributed by atoms with Crippen molar-refractivity contribution >= 4 is 15.7 Å². The first-order valence-electron chi connectivity index (χ1n) is 5.45. The van der Waals surface area contributed by atoms with E-state index in [9.17, 15) is 8.42 Å². The third-order valence-electron chi connectivity index (χ3n) is 2.30. The predicted octanol–water partition coefficient (Wildman–Crippen LogP) is 1.94. The lowest BCUT2D eigenvalue weighted by Crippen LogP contribution is -2.34. The summed E-state index contributed by atoms with van der Waals surface area (Å²) in [5.74, 6) is 0. The van der Waals surface area contributed by atoms with E-state index in [1.54, 1.807) is 25.2 Å². The maximum atomic E-state index is 12.3. The average Bonchev–Trinajstić information content (AvgIpc) is 2.15. The van der Waals surface area contributed by atoms with Crippen LogP contribution in [0.5, 0.6) is 0 Å². The summed E-state index contributed by atoms with van der Waals surface area (Å²) in [4.78, 5) is 0.173. The lowest BCUT2D eigenvalue weighted by atomic mass is 9.97. The number of anilines is 1. The highest BCUT2D eigenvalue weighted by Crippen LogP contribution is 2.24. The molecule has 0 saturated heterocycles. The van der Waals surface area contributed by atoms with E-state index in [0.29, 0.717) is 6.54 Å². The summed E-state index contributed by atoms with van der Waals surface area (Å²) in [6.45, 7) is 6.43. The predicted molar refractivity (Wildman–Crippen MR) is 70.1 cm³/mol. The van der Waals surface area contributed by atoms with Crippen LogP contribution >= 0.6 is 0 Å². The van der Waals surface area contributed by atoms with Crippen molar-refractivity contribution in [2.75, 3.05) is 19.3 Å². The second-order valence-electron chi connectivity index (χ2n) is 5.36. The Bertz CT molecular complexity index is 489. The number of sulfonamides is 1. The van der Waals surface area contributed by atoms with Crippen molar-refractivity contribution in [3.05, 3.63) is 24.3 Å². The van der Waals surface area contributed by atoms with Gasteiger partial charge in [0.25, 0.3) is 0 Å². The molecule has 0 fully saturated rings. The molecule has 0 aliphatic heterocycles. The molecular formula is C12H20N2O2S. The molecule has 5 heteroatoms. The zero-order valence-corrected chi connectivity index (χ0v) is 11.6. The second-order valence-corrected chi connectivity index (χ2v) is 7.37. The van der Waals surface area contributed by atoms with Gasteiger partial charge in [0.1, 0.15) is 4.90 Å². The first kappa shape index (κ1) is 14.0. The summed E-state index contributed by atoms with van der Waals surface area (Å²) in [6.07, 6.45) is 0. The fourth-order valence-electron chi connectivity index (χ4n) is 1.64. The zero-order chi connectivity index (χ0) is 13.3. The summed E-state index contributed by atoms with van der Waals surface area (Å²) in [6, 6.07) is 6.52. The first-order valence-corrected chi connectivity index (χ1v) is 6.89. The van der Waals surface area contributed by atoms with Crippen molar-refractivity contribution < 1.29 is 8.42 Å². The summed E-state index contributed by atoms with van der Waals surface area (Å²) >= 11 is 0. The molecule has 2 N–H and O–H groups in total. The maximum Gasteiger partial charge on any atom is 0.244 e. The number of benzene rings is 1. The van der Waals surface area contributed by atoms with E-state index in [-0.39, 0.29) is 16.0 Å². The Labute approximate surface area is 103 Å². The highest BCUT2D eigenvalue weighted by molar-refractivity contribution is 7.89. The number of para-hydroxylation sites is 1. The second kappa shape index (κ2) is 4.66. The summed E-state index contributed by atoms with van der Waals surface area (Å²) < 4.78 is 25.9. The van der Waals surface area contributed by atoms with Crippen LogP contribution in [0.3, 0.4) is 0 Å². The van der Waals surface area contributed by atoms with E-state index in [1.807, 2.05) is 20.8 Å². The average molecular weight is 256 g/mol. The number of hydrogen-bond donors (Lipinski definition) is 1. The van der Waals surface area contributed by atoms with Gasteiger partial charge in [-0.15, -0.1) is 0 Å². The molecule has 17 heavy (non-hydrogen) atoms. The van der Waals surface area contributed by atoms with Crippen molar-refractivity contribution in [1.82, 2.24) is 4.31 Å². The quantitative estimate of drug-likeness (QED) is 0.841. The summed E-state index contributed by atoms with van der Waals surface area (Å²) in [5, 5.41) is 0. The number of hydrogen-bond acceptors (Lipinski definition) is 3. The van der Waals surface area contributed by atoms with Crippen LogP contribution in [0.25, 0.3) is 0 Å². The van der Waals surface area contributed by atoms with Gasteiger partial charge in [-0.2, -0.15) is 0 Å². The third kappa shape index (κ3) is 3.44.